The van der Waals surface area contributed by atoms with Crippen LogP contribution in [0, 0.1) is 25.7 Å². The predicted octanol–water partition coefficient (Wildman–Crippen LogP) is 2.35. The largest absolute Gasteiger partial charge is 0.358 e. The molecule has 27 heavy (non-hydrogen) atoms. The van der Waals surface area contributed by atoms with Crippen LogP contribution < -0.4 is 21.5 Å². The third-order valence-corrected chi connectivity index (χ3v) is 5.74. The number of hydrazine groups is 1. The number of carbonyl (C=O) groups is 2. The van der Waals surface area contributed by atoms with Crippen LogP contribution >= 0.6 is 12.2 Å². The minimum atomic E-state index is -0.360. The first-order valence-corrected chi connectivity index (χ1v) is 9.89. The summed E-state index contributed by atoms with van der Waals surface area (Å²) < 4.78 is 0. The molecule has 0 saturated heterocycles. The Balaban J connectivity index is 1.71. The summed E-state index contributed by atoms with van der Waals surface area (Å²) in [4.78, 5) is 24.1. The second-order valence-corrected chi connectivity index (χ2v) is 7.91. The molecule has 6 nitrogen and oxygen atoms in total. The summed E-state index contributed by atoms with van der Waals surface area (Å²) in [6.45, 7) is 8.30. The van der Waals surface area contributed by atoms with Gasteiger partial charge < -0.3 is 10.6 Å². The smallest absolute Gasteiger partial charge is 0.257 e. The SMILES string of the molecule is Cc1ccc(C(=O)NCC(=O)NNC(=S)N[C@@H]2CCC[C@@H](C)[C@@H]2C)cc1C. The van der Waals surface area contributed by atoms with Gasteiger partial charge in [-0.2, -0.15) is 0 Å². The zero-order chi connectivity index (χ0) is 20.0. The highest BCUT2D eigenvalue weighted by molar-refractivity contribution is 7.80. The number of benzene rings is 1. The molecule has 2 rings (SSSR count). The third kappa shape index (κ3) is 6.20. The molecule has 0 heterocycles. The standard InChI is InChI=1S/C20H30N4O2S/c1-12-8-9-16(10-14(12)3)19(26)21-11-18(25)23-24-20(27)22-17-7-5-6-13(2)15(17)4/h8-10,13,15,17H,5-7,11H2,1-4H3,(H,21,26)(H,23,25)(H2,22,24,27)/t13-,15+,17-/m1/s1. The summed E-state index contributed by atoms with van der Waals surface area (Å²) >= 11 is 5.26. The number of hydrogen-bond acceptors (Lipinski definition) is 3. The molecule has 148 valence electrons. The fourth-order valence-corrected chi connectivity index (χ4v) is 3.51. The summed E-state index contributed by atoms with van der Waals surface area (Å²) in [5, 5.41) is 6.28. The molecule has 0 radical (unpaired) electrons. The molecule has 0 bridgehead atoms. The lowest BCUT2D eigenvalue weighted by Crippen LogP contribution is -2.53. The van der Waals surface area contributed by atoms with Gasteiger partial charge in [-0.25, -0.2) is 0 Å². The molecule has 1 fully saturated rings. The minimum Gasteiger partial charge on any atom is -0.358 e. The lowest BCUT2D eigenvalue weighted by Gasteiger charge is -2.35. The van der Waals surface area contributed by atoms with E-state index < -0.39 is 0 Å². The lowest BCUT2D eigenvalue weighted by molar-refractivity contribution is -0.120. The van der Waals surface area contributed by atoms with Crippen LogP contribution in [0.5, 0.6) is 0 Å². The van der Waals surface area contributed by atoms with Gasteiger partial charge in [-0.1, -0.05) is 32.8 Å². The molecule has 1 aromatic rings. The van der Waals surface area contributed by atoms with Gasteiger partial charge >= 0.3 is 0 Å². The zero-order valence-electron chi connectivity index (χ0n) is 16.5. The van der Waals surface area contributed by atoms with Gasteiger partial charge in [0.2, 0.25) is 0 Å². The maximum absolute atomic E-state index is 12.1. The fourth-order valence-electron chi connectivity index (χ4n) is 3.31. The van der Waals surface area contributed by atoms with Gasteiger partial charge in [0, 0.05) is 11.6 Å². The van der Waals surface area contributed by atoms with E-state index in [0.29, 0.717) is 28.6 Å². The molecular weight excluding hydrogens is 360 g/mol. The minimum absolute atomic E-state index is 0.127. The Hall–Kier alpha value is -2.15. The summed E-state index contributed by atoms with van der Waals surface area (Å²) in [7, 11) is 0. The summed E-state index contributed by atoms with van der Waals surface area (Å²) in [6, 6.07) is 5.77. The average Bonchev–Trinajstić information content (AvgIpc) is 2.64. The third-order valence-electron chi connectivity index (χ3n) is 5.52. The van der Waals surface area contributed by atoms with E-state index in [1.54, 1.807) is 6.07 Å². The normalized spacial score (nSPS) is 21.9. The van der Waals surface area contributed by atoms with E-state index in [-0.39, 0.29) is 18.4 Å². The Kier molecular flexibility index (Phi) is 7.59. The van der Waals surface area contributed by atoms with E-state index in [0.717, 1.165) is 17.5 Å². The van der Waals surface area contributed by atoms with Crippen molar-refractivity contribution in [2.24, 2.45) is 11.8 Å². The number of amides is 2. The van der Waals surface area contributed by atoms with Crippen LogP contribution in [0.3, 0.4) is 0 Å². The molecule has 1 aromatic carbocycles. The number of aryl methyl sites for hydroxylation is 2. The molecule has 1 saturated carbocycles. The highest BCUT2D eigenvalue weighted by Crippen LogP contribution is 2.29. The van der Waals surface area contributed by atoms with Crippen molar-refractivity contribution in [3.05, 3.63) is 34.9 Å². The van der Waals surface area contributed by atoms with E-state index in [1.807, 2.05) is 26.0 Å². The Labute approximate surface area is 166 Å². The van der Waals surface area contributed by atoms with E-state index in [9.17, 15) is 9.59 Å². The van der Waals surface area contributed by atoms with Gasteiger partial charge in [0.15, 0.2) is 5.11 Å². The van der Waals surface area contributed by atoms with Crippen LogP contribution in [0.4, 0.5) is 0 Å². The van der Waals surface area contributed by atoms with Gasteiger partial charge in [0.25, 0.3) is 11.8 Å². The van der Waals surface area contributed by atoms with E-state index in [4.69, 9.17) is 12.2 Å². The van der Waals surface area contributed by atoms with Gasteiger partial charge in [0.1, 0.15) is 0 Å². The van der Waals surface area contributed by atoms with Gasteiger partial charge in [-0.15, -0.1) is 0 Å². The molecule has 1 aliphatic carbocycles. The van der Waals surface area contributed by atoms with Crippen LogP contribution in [0.15, 0.2) is 18.2 Å². The maximum Gasteiger partial charge on any atom is 0.257 e. The Morgan fingerprint density at radius 2 is 1.85 bits per heavy atom. The zero-order valence-corrected chi connectivity index (χ0v) is 17.3. The van der Waals surface area contributed by atoms with Crippen molar-refractivity contribution in [1.29, 1.82) is 0 Å². The first-order chi connectivity index (χ1) is 12.8. The van der Waals surface area contributed by atoms with Gasteiger partial charge in [0.05, 0.1) is 6.54 Å². The first kappa shape index (κ1) is 21.2. The van der Waals surface area contributed by atoms with Crippen LogP contribution in [-0.4, -0.2) is 29.5 Å². The van der Waals surface area contributed by atoms with Gasteiger partial charge in [-0.3, -0.25) is 20.4 Å². The highest BCUT2D eigenvalue weighted by atomic mass is 32.1. The van der Waals surface area contributed by atoms with Crippen molar-refractivity contribution >= 4 is 29.1 Å². The van der Waals surface area contributed by atoms with Crippen LogP contribution in [0.25, 0.3) is 0 Å². The lowest BCUT2D eigenvalue weighted by atomic mass is 9.78. The van der Waals surface area contributed by atoms with Crippen LogP contribution in [-0.2, 0) is 4.79 Å². The summed E-state index contributed by atoms with van der Waals surface area (Å²) in [5.41, 5.74) is 7.93. The second kappa shape index (κ2) is 9.69. The van der Waals surface area contributed by atoms with E-state index >= 15 is 0 Å². The molecule has 3 atom stereocenters. The number of nitrogens with one attached hydrogen (secondary N) is 4. The van der Waals surface area contributed by atoms with E-state index in [2.05, 4.69) is 35.3 Å². The number of hydrogen-bond donors (Lipinski definition) is 4. The van der Waals surface area contributed by atoms with Crippen molar-refractivity contribution in [2.45, 2.75) is 53.0 Å². The number of carbonyl (C=O) groups excluding carboxylic acids is 2. The molecule has 0 aromatic heterocycles. The maximum atomic E-state index is 12.1. The summed E-state index contributed by atoms with van der Waals surface area (Å²) in [6.07, 6.45) is 3.51. The fraction of sp³-hybridized carbons (Fsp3) is 0.550. The molecule has 0 spiro atoms. The van der Waals surface area contributed by atoms with Crippen molar-refractivity contribution in [3.8, 4) is 0 Å². The first-order valence-electron chi connectivity index (χ1n) is 9.48. The second-order valence-electron chi connectivity index (χ2n) is 7.50. The van der Waals surface area contributed by atoms with Gasteiger partial charge in [-0.05, 0) is 67.6 Å². The van der Waals surface area contributed by atoms with Crippen LogP contribution in [0.1, 0.15) is 54.6 Å². The molecule has 0 unspecified atom stereocenters. The monoisotopic (exact) mass is 390 g/mol. The quantitative estimate of drug-likeness (QED) is 0.469. The molecular formula is C20H30N4O2S. The van der Waals surface area contributed by atoms with E-state index in [1.165, 1.54) is 12.8 Å². The molecule has 4 N–H and O–H groups in total. The van der Waals surface area contributed by atoms with Crippen molar-refractivity contribution in [2.75, 3.05) is 6.54 Å². The Bertz CT molecular complexity index is 707. The van der Waals surface area contributed by atoms with Crippen molar-refractivity contribution in [1.82, 2.24) is 21.5 Å². The number of thiocarbonyl (C=S) groups is 1. The number of rotatable bonds is 4. The van der Waals surface area contributed by atoms with Crippen molar-refractivity contribution < 1.29 is 9.59 Å². The topological polar surface area (TPSA) is 82.3 Å². The average molecular weight is 391 g/mol. The summed E-state index contributed by atoms with van der Waals surface area (Å²) in [5.74, 6) is 0.557. The van der Waals surface area contributed by atoms with Crippen LogP contribution in [0.2, 0.25) is 0 Å². The molecule has 2 amide bonds. The highest BCUT2D eigenvalue weighted by Gasteiger charge is 2.27. The molecule has 0 aliphatic heterocycles. The Morgan fingerprint density at radius 1 is 1.11 bits per heavy atom. The molecule has 7 heteroatoms. The Morgan fingerprint density at radius 3 is 2.56 bits per heavy atom. The predicted molar refractivity (Wildman–Crippen MR) is 111 cm³/mol. The van der Waals surface area contributed by atoms with Crippen molar-refractivity contribution in [3.63, 3.8) is 0 Å². The molecule has 1 aliphatic rings.